The molecule has 0 aliphatic rings. The van der Waals surface area contributed by atoms with Crippen molar-refractivity contribution < 1.29 is 31.8 Å². The molecule has 112 valence electrons. The minimum Gasteiger partial charge on any atom is -0.457 e. The van der Waals surface area contributed by atoms with Gasteiger partial charge in [0.2, 0.25) is 0 Å². The van der Waals surface area contributed by atoms with E-state index < -0.39 is 35.2 Å². The van der Waals surface area contributed by atoms with Crippen LogP contribution in [0.2, 0.25) is 0 Å². The Morgan fingerprint density at radius 3 is 2.55 bits per heavy atom. The van der Waals surface area contributed by atoms with Gasteiger partial charge < -0.3 is 9.47 Å². The highest BCUT2D eigenvalue weighted by atomic mass is 19.4. The van der Waals surface area contributed by atoms with Crippen molar-refractivity contribution in [3.8, 4) is 0 Å². The zero-order chi connectivity index (χ0) is 15.3. The first-order valence-corrected chi connectivity index (χ1v) is 5.91. The lowest BCUT2D eigenvalue weighted by molar-refractivity contribution is -0.137. The van der Waals surface area contributed by atoms with Crippen LogP contribution in [-0.4, -0.2) is 25.3 Å². The quantitative estimate of drug-likeness (QED) is 0.616. The SMILES string of the molecule is CCOCC(C)OC(=O)c1cc(C(F)(F)F)ccc1F. The van der Waals surface area contributed by atoms with Crippen LogP contribution in [0.4, 0.5) is 17.6 Å². The molecule has 0 saturated carbocycles. The Labute approximate surface area is 113 Å². The van der Waals surface area contributed by atoms with Gasteiger partial charge in [-0.3, -0.25) is 0 Å². The van der Waals surface area contributed by atoms with Crippen molar-refractivity contribution in [3.63, 3.8) is 0 Å². The summed E-state index contributed by atoms with van der Waals surface area (Å²) in [7, 11) is 0. The molecule has 1 aromatic carbocycles. The lowest BCUT2D eigenvalue weighted by Gasteiger charge is -2.14. The van der Waals surface area contributed by atoms with Gasteiger partial charge in [-0.05, 0) is 32.0 Å². The van der Waals surface area contributed by atoms with Crippen LogP contribution in [0.3, 0.4) is 0 Å². The fourth-order valence-electron chi connectivity index (χ4n) is 1.42. The number of rotatable bonds is 5. The van der Waals surface area contributed by atoms with E-state index in [1.165, 1.54) is 6.92 Å². The molecule has 20 heavy (non-hydrogen) atoms. The number of carbonyl (C=O) groups excluding carboxylic acids is 1. The third-order valence-corrected chi connectivity index (χ3v) is 2.38. The number of esters is 1. The number of ether oxygens (including phenoxy) is 2. The summed E-state index contributed by atoms with van der Waals surface area (Å²) in [5, 5.41) is 0. The molecular weight excluding hydrogens is 280 g/mol. The summed E-state index contributed by atoms with van der Waals surface area (Å²) in [6, 6.07) is 1.59. The molecule has 0 bridgehead atoms. The summed E-state index contributed by atoms with van der Waals surface area (Å²) in [4.78, 5) is 11.6. The van der Waals surface area contributed by atoms with Gasteiger partial charge in [0.1, 0.15) is 11.9 Å². The van der Waals surface area contributed by atoms with E-state index in [1.54, 1.807) is 6.92 Å². The van der Waals surface area contributed by atoms with Crippen LogP contribution in [0.25, 0.3) is 0 Å². The predicted molar refractivity (Wildman–Crippen MR) is 62.8 cm³/mol. The second-order valence-electron chi connectivity index (χ2n) is 4.07. The van der Waals surface area contributed by atoms with Crippen LogP contribution in [0.5, 0.6) is 0 Å². The van der Waals surface area contributed by atoms with Crippen molar-refractivity contribution in [1.82, 2.24) is 0 Å². The molecule has 7 heteroatoms. The van der Waals surface area contributed by atoms with Crippen LogP contribution in [0.1, 0.15) is 29.8 Å². The van der Waals surface area contributed by atoms with Crippen LogP contribution in [-0.2, 0) is 15.7 Å². The van der Waals surface area contributed by atoms with Gasteiger partial charge >= 0.3 is 12.1 Å². The summed E-state index contributed by atoms with van der Waals surface area (Å²) in [5.41, 5.74) is -1.86. The third kappa shape index (κ3) is 4.48. The van der Waals surface area contributed by atoms with Crippen molar-refractivity contribution in [1.29, 1.82) is 0 Å². The average Bonchev–Trinajstić information content (AvgIpc) is 2.35. The Morgan fingerprint density at radius 1 is 1.35 bits per heavy atom. The van der Waals surface area contributed by atoms with Crippen molar-refractivity contribution in [2.24, 2.45) is 0 Å². The van der Waals surface area contributed by atoms with Gasteiger partial charge in [-0.2, -0.15) is 13.2 Å². The fourth-order valence-corrected chi connectivity index (χ4v) is 1.42. The maximum Gasteiger partial charge on any atom is 0.416 e. The molecule has 0 aromatic heterocycles. The first-order valence-electron chi connectivity index (χ1n) is 5.91. The highest BCUT2D eigenvalue weighted by molar-refractivity contribution is 5.90. The standard InChI is InChI=1S/C13H14F4O3/c1-3-19-7-8(2)20-12(18)10-6-9(13(15,16)17)4-5-11(10)14/h4-6,8H,3,7H2,1-2H3. The molecule has 0 amide bonds. The zero-order valence-electron chi connectivity index (χ0n) is 11.0. The summed E-state index contributed by atoms with van der Waals surface area (Å²) in [6.07, 6.45) is -5.34. The van der Waals surface area contributed by atoms with E-state index in [9.17, 15) is 22.4 Å². The fraction of sp³-hybridized carbons (Fsp3) is 0.462. The Morgan fingerprint density at radius 2 is 2.00 bits per heavy atom. The highest BCUT2D eigenvalue weighted by Crippen LogP contribution is 2.30. The van der Waals surface area contributed by atoms with Gasteiger partial charge in [0.25, 0.3) is 0 Å². The number of alkyl halides is 3. The van der Waals surface area contributed by atoms with Crippen molar-refractivity contribution in [3.05, 3.63) is 35.1 Å². The first kappa shape index (κ1) is 16.4. The van der Waals surface area contributed by atoms with Crippen LogP contribution in [0.15, 0.2) is 18.2 Å². The Kier molecular flexibility index (Phi) is 5.50. The summed E-state index contributed by atoms with van der Waals surface area (Å²) in [6.45, 7) is 3.72. The molecule has 1 aromatic rings. The molecule has 3 nitrogen and oxygen atoms in total. The average molecular weight is 294 g/mol. The number of carbonyl (C=O) groups is 1. The van der Waals surface area contributed by atoms with Crippen molar-refractivity contribution in [2.75, 3.05) is 13.2 Å². The maximum absolute atomic E-state index is 13.4. The summed E-state index contributed by atoms with van der Waals surface area (Å²) < 4.78 is 60.7. The van der Waals surface area contributed by atoms with Gasteiger partial charge in [-0.25, -0.2) is 9.18 Å². The Bertz CT molecular complexity index is 471. The molecule has 0 saturated heterocycles. The Hall–Kier alpha value is -1.63. The van der Waals surface area contributed by atoms with E-state index in [4.69, 9.17) is 9.47 Å². The first-order chi connectivity index (χ1) is 9.25. The van der Waals surface area contributed by atoms with E-state index in [0.29, 0.717) is 24.8 Å². The summed E-state index contributed by atoms with van der Waals surface area (Å²) in [5.74, 6) is -2.22. The van der Waals surface area contributed by atoms with Crippen molar-refractivity contribution in [2.45, 2.75) is 26.1 Å². The molecule has 1 atom stereocenters. The molecule has 0 heterocycles. The number of benzene rings is 1. The molecule has 0 N–H and O–H groups in total. The van der Waals surface area contributed by atoms with E-state index in [1.807, 2.05) is 0 Å². The largest absolute Gasteiger partial charge is 0.457 e. The second kappa shape index (κ2) is 6.69. The van der Waals surface area contributed by atoms with Crippen LogP contribution in [0, 0.1) is 5.82 Å². The molecule has 0 aliphatic heterocycles. The minimum atomic E-state index is -4.65. The predicted octanol–water partition coefficient (Wildman–Crippen LogP) is 3.43. The topological polar surface area (TPSA) is 35.5 Å². The highest BCUT2D eigenvalue weighted by Gasteiger charge is 2.32. The number of halogens is 4. The van der Waals surface area contributed by atoms with E-state index in [2.05, 4.69) is 0 Å². The van der Waals surface area contributed by atoms with Crippen LogP contribution < -0.4 is 0 Å². The van der Waals surface area contributed by atoms with Crippen LogP contribution >= 0.6 is 0 Å². The molecular formula is C13H14F4O3. The minimum absolute atomic E-state index is 0.0861. The van der Waals surface area contributed by atoms with E-state index >= 15 is 0 Å². The molecule has 0 spiro atoms. The van der Waals surface area contributed by atoms with E-state index in [-0.39, 0.29) is 6.61 Å². The lowest BCUT2D eigenvalue weighted by Crippen LogP contribution is -2.21. The lowest BCUT2D eigenvalue weighted by atomic mass is 10.1. The normalized spacial score (nSPS) is 13.1. The van der Waals surface area contributed by atoms with Gasteiger partial charge in [-0.15, -0.1) is 0 Å². The molecule has 0 radical (unpaired) electrons. The Balaban J connectivity index is 2.87. The molecule has 1 unspecified atom stereocenters. The molecule has 0 aliphatic carbocycles. The number of hydrogen-bond donors (Lipinski definition) is 0. The smallest absolute Gasteiger partial charge is 0.416 e. The van der Waals surface area contributed by atoms with Gasteiger partial charge in [-0.1, -0.05) is 0 Å². The zero-order valence-corrected chi connectivity index (χ0v) is 11.0. The van der Waals surface area contributed by atoms with Gasteiger partial charge in [0.05, 0.1) is 17.7 Å². The van der Waals surface area contributed by atoms with Gasteiger partial charge in [0, 0.05) is 6.61 Å². The maximum atomic E-state index is 13.4. The monoisotopic (exact) mass is 294 g/mol. The number of hydrogen-bond acceptors (Lipinski definition) is 3. The van der Waals surface area contributed by atoms with Crippen molar-refractivity contribution >= 4 is 5.97 Å². The van der Waals surface area contributed by atoms with E-state index in [0.717, 1.165) is 0 Å². The van der Waals surface area contributed by atoms with Gasteiger partial charge in [0.15, 0.2) is 0 Å². The molecule has 1 rings (SSSR count). The summed E-state index contributed by atoms with van der Waals surface area (Å²) >= 11 is 0. The molecule has 0 fully saturated rings. The second-order valence-corrected chi connectivity index (χ2v) is 4.07. The third-order valence-electron chi connectivity index (χ3n) is 2.38.